The maximum Gasteiger partial charge on any atom is 0.256 e. The molecule has 8 nitrogen and oxygen atoms in total. The molecule has 1 saturated carbocycles. The highest BCUT2D eigenvalue weighted by Gasteiger charge is 2.45. The monoisotopic (exact) mass is 473 g/mol. The summed E-state index contributed by atoms with van der Waals surface area (Å²) >= 11 is 1.50. The molecule has 3 aromatic rings. The molecule has 1 amide bonds. The van der Waals surface area contributed by atoms with Crippen molar-refractivity contribution >= 4 is 39.7 Å². The van der Waals surface area contributed by atoms with Gasteiger partial charge in [0, 0.05) is 24.5 Å². The molecule has 0 unspecified atom stereocenters. The minimum atomic E-state index is -0.353. The summed E-state index contributed by atoms with van der Waals surface area (Å²) in [7, 11) is 0. The highest BCUT2D eigenvalue weighted by atomic mass is 32.1. The molecule has 5 rings (SSSR count). The van der Waals surface area contributed by atoms with Crippen LogP contribution in [-0.2, 0) is 18.4 Å². The lowest BCUT2D eigenvalue weighted by Gasteiger charge is -2.18. The number of carbonyl (C=O) groups excluding carboxylic acids is 1. The molecule has 2 aromatic heterocycles. The quantitative estimate of drug-likeness (QED) is 0.403. The number of hydrogen-bond acceptors (Lipinski definition) is 8. The molecule has 174 valence electrons. The first-order chi connectivity index (χ1) is 16.5. The Morgan fingerprint density at radius 2 is 2.09 bits per heavy atom. The molecular weight excluding hydrogens is 446 g/mol. The van der Waals surface area contributed by atoms with E-state index in [1.807, 2.05) is 31.4 Å². The number of nitriles is 1. The third kappa shape index (κ3) is 4.60. The summed E-state index contributed by atoms with van der Waals surface area (Å²) in [6.45, 7) is 5.67. The van der Waals surface area contributed by atoms with E-state index in [-0.39, 0.29) is 17.4 Å². The van der Waals surface area contributed by atoms with Crippen molar-refractivity contribution in [3.05, 3.63) is 58.1 Å². The largest absolute Gasteiger partial charge is 0.350 e. The van der Waals surface area contributed by atoms with Crippen molar-refractivity contribution in [1.82, 2.24) is 20.6 Å². The number of hydrogen-bond donors (Lipinski definition) is 4. The molecule has 0 spiro atoms. The van der Waals surface area contributed by atoms with Gasteiger partial charge in [0.15, 0.2) is 0 Å². The smallest absolute Gasteiger partial charge is 0.256 e. The van der Waals surface area contributed by atoms with Crippen LogP contribution in [0.3, 0.4) is 0 Å². The number of anilines is 4. The van der Waals surface area contributed by atoms with E-state index in [4.69, 9.17) is 0 Å². The van der Waals surface area contributed by atoms with Gasteiger partial charge in [-0.15, -0.1) is 11.3 Å². The Hall–Kier alpha value is -3.48. The first kappa shape index (κ1) is 22.3. The van der Waals surface area contributed by atoms with Crippen LogP contribution in [0.15, 0.2) is 35.8 Å². The van der Waals surface area contributed by atoms with Crippen LogP contribution in [0, 0.1) is 11.3 Å². The van der Waals surface area contributed by atoms with Gasteiger partial charge in [-0.25, -0.2) is 4.98 Å². The number of thiophene rings is 1. The second-order valence-corrected chi connectivity index (χ2v) is 10.0. The zero-order chi connectivity index (χ0) is 23.7. The van der Waals surface area contributed by atoms with Gasteiger partial charge < -0.3 is 21.3 Å². The van der Waals surface area contributed by atoms with Crippen molar-refractivity contribution in [2.45, 2.75) is 51.1 Å². The Kier molecular flexibility index (Phi) is 5.94. The number of nitrogens with zero attached hydrogens (tertiary/aromatic N) is 3. The van der Waals surface area contributed by atoms with Gasteiger partial charge in [-0.1, -0.05) is 6.07 Å². The first-order valence-corrected chi connectivity index (χ1v) is 12.4. The summed E-state index contributed by atoms with van der Waals surface area (Å²) < 4.78 is 0. The van der Waals surface area contributed by atoms with E-state index < -0.39 is 0 Å². The van der Waals surface area contributed by atoms with Crippen LogP contribution < -0.4 is 21.3 Å². The SMILES string of the molecule is CC(C)NC(=O)c1cnc(Nc2ccc3c(c2)CNCC3)nc1Nc1cc(C2(C#N)CC2)cs1. The van der Waals surface area contributed by atoms with E-state index in [0.717, 1.165) is 48.6 Å². The second kappa shape index (κ2) is 9.05. The fraction of sp³-hybridized carbons (Fsp3) is 0.360. The number of amides is 1. The summed E-state index contributed by atoms with van der Waals surface area (Å²) in [6, 6.07) is 10.7. The molecule has 34 heavy (non-hydrogen) atoms. The van der Waals surface area contributed by atoms with Crippen LogP contribution in [0.5, 0.6) is 0 Å². The Balaban J connectivity index is 1.42. The minimum Gasteiger partial charge on any atom is -0.350 e. The predicted octanol–water partition coefficient (Wildman–Crippen LogP) is 4.36. The summed E-state index contributed by atoms with van der Waals surface area (Å²) in [5.41, 5.74) is 4.55. The molecule has 1 aliphatic carbocycles. The number of aromatic nitrogens is 2. The summed E-state index contributed by atoms with van der Waals surface area (Å²) in [5, 5.41) is 25.2. The van der Waals surface area contributed by atoms with Gasteiger partial charge in [-0.05, 0) is 79.9 Å². The van der Waals surface area contributed by atoms with Gasteiger partial charge in [0.1, 0.15) is 11.4 Å². The van der Waals surface area contributed by atoms with Crippen LogP contribution in [0.4, 0.5) is 22.5 Å². The third-order valence-corrected chi connectivity index (χ3v) is 7.01. The number of nitrogens with one attached hydrogen (secondary N) is 4. The highest BCUT2D eigenvalue weighted by Crippen LogP contribution is 2.49. The maximum absolute atomic E-state index is 12.8. The van der Waals surface area contributed by atoms with E-state index in [1.54, 1.807) is 6.20 Å². The average molecular weight is 474 g/mol. The number of fused-ring (bicyclic) bond motifs is 1. The molecule has 1 aromatic carbocycles. The molecule has 0 radical (unpaired) electrons. The van der Waals surface area contributed by atoms with Crippen molar-refractivity contribution in [2.24, 2.45) is 0 Å². The summed E-state index contributed by atoms with van der Waals surface area (Å²) in [5.74, 6) is 0.585. The van der Waals surface area contributed by atoms with E-state index in [0.29, 0.717) is 17.3 Å². The van der Waals surface area contributed by atoms with Gasteiger partial charge in [0.05, 0.1) is 16.5 Å². The lowest BCUT2D eigenvalue weighted by atomic mass is 10.0. The lowest BCUT2D eigenvalue weighted by molar-refractivity contribution is 0.0943. The van der Waals surface area contributed by atoms with Crippen LogP contribution >= 0.6 is 11.3 Å². The molecule has 0 atom stereocenters. The first-order valence-electron chi connectivity index (χ1n) is 11.5. The van der Waals surface area contributed by atoms with E-state index >= 15 is 0 Å². The van der Waals surface area contributed by atoms with Gasteiger partial charge in [0.2, 0.25) is 5.95 Å². The normalized spacial score (nSPS) is 15.8. The zero-order valence-electron chi connectivity index (χ0n) is 19.2. The summed E-state index contributed by atoms with van der Waals surface area (Å²) in [6.07, 6.45) is 4.34. The fourth-order valence-corrected chi connectivity index (χ4v) is 4.99. The molecule has 2 aliphatic rings. The fourth-order valence-electron chi connectivity index (χ4n) is 4.09. The lowest BCUT2D eigenvalue weighted by Crippen LogP contribution is -2.31. The van der Waals surface area contributed by atoms with Crippen molar-refractivity contribution in [1.29, 1.82) is 5.26 Å². The topological polar surface area (TPSA) is 115 Å². The number of rotatable bonds is 7. The Morgan fingerprint density at radius 3 is 2.85 bits per heavy atom. The maximum atomic E-state index is 12.8. The van der Waals surface area contributed by atoms with Gasteiger partial charge in [0.25, 0.3) is 5.91 Å². The molecule has 9 heteroatoms. The average Bonchev–Trinajstić information content (AvgIpc) is 3.49. The number of benzene rings is 1. The summed E-state index contributed by atoms with van der Waals surface area (Å²) in [4.78, 5) is 21.9. The standard InChI is InChI=1S/C25H27N7OS/c1-15(2)29-23(33)20-12-28-24(30-19-4-3-16-5-8-27-11-17(16)9-19)32-22(20)31-21-10-18(13-34-21)25(14-26)6-7-25/h3-4,9-10,12-13,15,27H,5-8,11H2,1-2H3,(H,29,33)(H2,28,30,31,32). The van der Waals surface area contributed by atoms with E-state index in [1.165, 1.54) is 22.5 Å². The van der Waals surface area contributed by atoms with Crippen LogP contribution in [0.25, 0.3) is 0 Å². The Bertz CT molecular complexity index is 1270. The van der Waals surface area contributed by atoms with Gasteiger partial charge in [-0.3, -0.25) is 4.79 Å². The van der Waals surface area contributed by atoms with Crippen molar-refractivity contribution in [3.8, 4) is 6.07 Å². The molecule has 0 saturated heterocycles. The van der Waals surface area contributed by atoms with Crippen LogP contribution in [-0.4, -0.2) is 28.5 Å². The molecule has 0 bridgehead atoms. The molecule has 3 heterocycles. The third-order valence-electron chi connectivity index (χ3n) is 6.16. The minimum absolute atomic E-state index is 0.0130. The molecule has 1 fully saturated rings. The van der Waals surface area contributed by atoms with Gasteiger partial charge >= 0.3 is 0 Å². The Morgan fingerprint density at radius 1 is 1.24 bits per heavy atom. The van der Waals surface area contributed by atoms with Crippen molar-refractivity contribution in [2.75, 3.05) is 17.2 Å². The second-order valence-electron chi connectivity index (χ2n) is 9.14. The predicted molar refractivity (Wildman–Crippen MR) is 134 cm³/mol. The molecule has 1 aliphatic heterocycles. The number of carbonyl (C=O) groups is 1. The van der Waals surface area contributed by atoms with Crippen LogP contribution in [0.1, 0.15) is 53.7 Å². The molecular formula is C25H27N7OS. The Labute approximate surface area is 202 Å². The van der Waals surface area contributed by atoms with Gasteiger partial charge in [-0.2, -0.15) is 10.2 Å². The zero-order valence-corrected chi connectivity index (χ0v) is 20.1. The van der Waals surface area contributed by atoms with E-state index in [2.05, 4.69) is 49.4 Å². The van der Waals surface area contributed by atoms with Crippen molar-refractivity contribution < 1.29 is 4.79 Å². The van der Waals surface area contributed by atoms with Crippen molar-refractivity contribution in [3.63, 3.8) is 0 Å². The van der Waals surface area contributed by atoms with Crippen LogP contribution in [0.2, 0.25) is 0 Å². The highest BCUT2D eigenvalue weighted by molar-refractivity contribution is 7.14. The molecule has 4 N–H and O–H groups in total. The van der Waals surface area contributed by atoms with E-state index in [9.17, 15) is 10.1 Å².